The first-order valence-electron chi connectivity index (χ1n) is 7.93. The Labute approximate surface area is 133 Å². The van der Waals surface area contributed by atoms with Crippen molar-refractivity contribution in [1.29, 1.82) is 0 Å². The molecule has 2 nitrogen and oxygen atoms in total. The monoisotopic (exact) mass is 307 g/mol. The summed E-state index contributed by atoms with van der Waals surface area (Å²) in [4.78, 5) is 0. The van der Waals surface area contributed by atoms with E-state index in [1.165, 1.54) is 5.56 Å². The lowest BCUT2D eigenvalue weighted by molar-refractivity contribution is 0.0844. The van der Waals surface area contributed by atoms with E-state index in [1.807, 2.05) is 18.2 Å². The largest absolute Gasteiger partial charge is 0.380 e. The van der Waals surface area contributed by atoms with Crippen LogP contribution in [0.4, 0.5) is 0 Å². The van der Waals surface area contributed by atoms with Crippen molar-refractivity contribution < 1.29 is 4.74 Å². The molecule has 3 heteroatoms. The number of nitrogens with one attached hydrogen (secondary N) is 1. The predicted octanol–water partition coefficient (Wildman–Crippen LogP) is 4.75. The second-order valence-corrected chi connectivity index (χ2v) is 6.32. The van der Waals surface area contributed by atoms with Gasteiger partial charge in [0.05, 0.1) is 6.61 Å². The summed E-state index contributed by atoms with van der Waals surface area (Å²) in [6, 6.07) is 9.00. The summed E-state index contributed by atoms with van der Waals surface area (Å²) in [7, 11) is 0. The van der Waals surface area contributed by atoms with Crippen LogP contribution in [-0.2, 0) is 4.74 Å². The SMILES string of the molecule is C=CCC1CCC(c2ccc(Cl)cc2)NC(CC)COC1. The van der Waals surface area contributed by atoms with Crippen molar-refractivity contribution in [3.8, 4) is 0 Å². The van der Waals surface area contributed by atoms with Gasteiger partial charge < -0.3 is 10.1 Å². The second-order valence-electron chi connectivity index (χ2n) is 5.88. The van der Waals surface area contributed by atoms with Gasteiger partial charge in [-0.25, -0.2) is 0 Å². The highest BCUT2D eigenvalue weighted by molar-refractivity contribution is 6.30. The third kappa shape index (κ3) is 5.14. The second kappa shape index (κ2) is 8.57. The topological polar surface area (TPSA) is 21.3 Å². The van der Waals surface area contributed by atoms with Crippen molar-refractivity contribution in [3.05, 3.63) is 47.5 Å². The smallest absolute Gasteiger partial charge is 0.0619 e. The van der Waals surface area contributed by atoms with Gasteiger partial charge >= 0.3 is 0 Å². The molecule has 0 saturated carbocycles. The molecule has 1 aromatic rings. The fourth-order valence-electron chi connectivity index (χ4n) is 2.89. The fraction of sp³-hybridized carbons (Fsp3) is 0.556. The van der Waals surface area contributed by atoms with E-state index in [-0.39, 0.29) is 0 Å². The molecule has 1 heterocycles. The Balaban J connectivity index is 2.11. The van der Waals surface area contributed by atoms with E-state index in [9.17, 15) is 0 Å². The van der Waals surface area contributed by atoms with Crippen LogP contribution in [0.5, 0.6) is 0 Å². The van der Waals surface area contributed by atoms with E-state index >= 15 is 0 Å². The summed E-state index contributed by atoms with van der Waals surface area (Å²) in [5.41, 5.74) is 1.32. The van der Waals surface area contributed by atoms with E-state index in [0.29, 0.717) is 18.0 Å². The van der Waals surface area contributed by atoms with Crippen molar-refractivity contribution in [1.82, 2.24) is 5.32 Å². The third-order valence-corrected chi connectivity index (χ3v) is 4.49. The molecule has 21 heavy (non-hydrogen) atoms. The number of ether oxygens (including phenoxy) is 1. The molecular formula is C18H26ClNO. The molecule has 0 radical (unpaired) electrons. The molecule has 1 aliphatic rings. The molecular weight excluding hydrogens is 282 g/mol. The van der Waals surface area contributed by atoms with Gasteiger partial charge in [-0.15, -0.1) is 6.58 Å². The van der Waals surface area contributed by atoms with Crippen LogP contribution in [-0.4, -0.2) is 19.3 Å². The number of halogens is 1. The van der Waals surface area contributed by atoms with E-state index in [2.05, 4.69) is 31.0 Å². The first-order chi connectivity index (χ1) is 10.2. The Hall–Kier alpha value is -0.830. The van der Waals surface area contributed by atoms with Crippen LogP contribution in [0.2, 0.25) is 5.02 Å². The van der Waals surface area contributed by atoms with E-state index in [1.54, 1.807) is 0 Å². The van der Waals surface area contributed by atoms with Gasteiger partial charge in [0.1, 0.15) is 0 Å². The lowest BCUT2D eigenvalue weighted by Gasteiger charge is -2.24. The zero-order valence-corrected chi connectivity index (χ0v) is 13.6. The average Bonchev–Trinajstić information content (AvgIpc) is 2.59. The van der Waals surface area contributed by atoms with E-state index in [0.717, 1.165) is 43.9 Å². The molecule has 3 unspecified atom stereocenters. The first kappa shape index (κ1) is 16.5. The number of benzene rings is 1. The van der Waals surface area contributed by atoms with E-state index < -0.39 is 0 Å². The van der Waals surface area contributed by atoms with Crippen molar-refractivity contribution in [2.45, 2.75) is 44.7 Å². The van der Waals surface area contributed by atoms with Crippen molar-refractivity contribution >= 4 is 11.6 Å². The minimum Gasteiger partial charge on any atom is -0.380 e. The van der Waals surface area contributed by atoms with Gasteiger partial charge in [0, 0.05) is 23.7 Å². The minimum atomic E-state index is 0.376. The van der Waals surface area contributed by atoms with Gasteiger partial charge in [0.15, 0.2) is 0 Å². The molecule has 1 aromatic carbocycles. The molecule has 0 aliphatic carbocycles. The average molecular weight is 308 g/mol. The molecule has 1 N–H and O–H groups in total. The highest BCUT2D eigenvalue weighted by atomic mass is 35.5. The molecule has 1 saturated heterocycles. The molecule has 0 aromatic heterocycles. The van der Waals surface area contributed by atoms with Crippen LogP contribution >= 0.6 is 11.6 Å². The zero-order chi connectivity index (χ0) is 15.1. The van der Waals surface area contributed by atoms with E-state index in [4.69, 9.17) is 16.3 Å². The van der Waals surface area contributed by atoms with Crippen molar-refractivity contribution in [2.24, 2.45) is 5.92 Å². The lowest BCUT2D eigenvalue weighted by Crippen LogP contribution is -2.35. The normalized spacial score (nSPS) is 27.4. The quantitative estimate of drug-likeness (QED) is 0.810. The van der Waals surface area contributed by atoms with Crippen molar-refractivity contribution in [2.75, 3.05) is 13.2 Å². The maximum absolute atomic E-state index is 6.00. The van der Waals surface area contributed by atoms with Gasteiger partial charge in [0.25, 0.3) is 0 Å². The van der Waals surface area contributed by atoms with Crippen LogP contribution < -0.4 is 5.32 Å². The van der Waals surface area contributed by atoms with Gasteiger partial charge in [-0.2, -0.15) is 0 Å². The maximum atomic E-state index is 6.00. The molecule has 1 aliphatic heterocycles. The van der Waals surface area contributed by atoms with Gasteiger partial charge in [-0.1, -0.05) is 36.7 Å². The predicted molar refractivity (Wildman–Crippen MR) is 89.8 cm³/mol. The first-order valence-corrected chi connectivity index (χ1v) is 8.30. The van der Waals surface area contributed by atoms with Crippen molar-refractivity contribution in [3.63, 3.8) is 0 Å². The van der Waals surface area contributed by atoms with Crippen LogP contribution in [0.1, 0.15) is 44.2 Å². The maximum Gasteiger partial charge on any atom is 0.0619 e. The van der Waals surface area contributed by atoms with Gasteiger partial charge in [-0.3, -0.25) is 0 Å². The third-order valence-electron chi connectivity index (χ3n) is 4.24. The summed E-state index contributed by atoms with van der Waals surface area (Å²) in [6.07, 6.45) is 6.40. The Morgan fingerprint density at radius 1 is 1.29 bits per heavy atom. The molecule has 116 valence electrons. The van der Waals surface area contributed by atoms with Crippen LogP contribution in [0.25, 0.3) is 0 Å². The molecule has 0 amide bonds. The highest BCUT2D eigenvalue weighted by Gasteiger charge is 2.21. The van der Waals surface area contributed by atoms with Gasteiger partial charge in [0.2, 0.25) is 0 Å². The molecule has 0 bridgehead atoms. The summed E-state index contributed by atoms with van der Waals surface area (Å²) >= 11 is 6.00. The molecule has 1 fully saturated rings. The Bertz CT molecular complexity index is 431. The Morgan fingerprint density at radius 2 is 2.05 bits per heavy atom. The molecule has 0 spiro atoms. The molecule has 2 rings (SSSR count). The summed E-state index contributed by atoms with van der Waals surface area (Å²) in [5, 5.41) is 4.54. The van der Waals surface area contributed by atoms with Gasteiger partial charge in [-0.05, 0) is 49.3 Å². The zero-order valence-electron chi connectivity index (χ0n) is 12.9. The van der Waals surface area contributed by atoms with Crippen LogP contribution in [0.3, 0.4) is 0 Å². The Morgan fingerprint density at radius 3 is 2.71 bits per heavy atom. The summed E-state index contributed by atoms with van der Waals surface area (Å²) < 4.78 is 5.90. The Kier molecular flexibility index (Phi) is 6.75. The number of allylic oxidation sites excluding steroid dienone is 1. The summed E-state index contributed by atoms with van der Waals surface area (Å²) in [5.74, 6) is 0.578. The minimum absolute atomic E-state index is 0.376. The van der Waals surface area contributed by atoms with Crippen LogP contribution in [0, 0.1) is 5.92 Å². The van der Waals surface area contributed by atoms with Crippen LogP contribution in [0.15, 0.2) is 36.9 Å². The summed E-state index contributed by atoms with van der Waals surface area (Å²) in [6.45, 7) is 7.70. The molecule has 3 atom stereocenters. The highest BCUT2D eigenvalue weighted by Crippen LogP contribution is 2.26. The number of rotatable bonds is 4. The number of hydrogen-bond acceptors (Lipinski definition) is 2. The standard InChI is InChI=1S/C18H26ClNO/c1-3-5-14-6-11-18(15-7-9-16(19)10-8-15)20-17(4-2)13-21-12-14/h3,7-10,14,17-18,20H,1,4-6,11-13H2,2H3. The number of hydrogen-bond donors (Lipinski definition) is 1. The fourth-order valence-corrected chi connectivity index (χ4v) is 3.02. The lowest BCUT2D eigenvalue weighted by atomic mass is 9.94.